The Morgan fingerprint density at radius 2 is 2.35 bits per heavy atom. The molecule has 1 aromatic heterocycles. The zero-order valence-electron chi connectivity index (χ0n) is 9.09. The summed E-state index contributed by atoms with van der Waals surface area (Å²) in [5.74, 6) is -0.173. The molecule has 0 aliphatic heterocycles. The molecule has 1 aromatic carbocycles. The van der Waals surface area contributed by atoms with E-state index in [1.54, 1.807) is 0 Å². The molecule has 1 heterocycles. The highest BCUT2D eigenvalue weighted by atomic mass is 79.9. The van der Waals surface area contributed by atoms with Crippen LogP contribution in [0.5, 0.6) is 0 Å². The van der Waals surface area contributed by atoms with E-state index in [4.69, 9.17) is 0 Å². The van der Waals surface area contributed by atoms with Crippen molar-refractivity contribution in [3.05, 3.63) is 34.6 Å². The van der Waals surface area contributed by atoms with Gasteiger partial charge in [0, 0.05) is 10.2 Å². The SMILES string of the molecule is Cc1ccc(NC(=O)Cn2cnnn2)cc1Br. The van der Waals surface area contributed by atoms with Gasteiger partial charge in [0.2, 0.25) is 5.91 Å². The molecule has 0 aliphatic rings. The van der Waals surface area contributed by atoms with Crippen LogP contribution < -0.4 is 5.32 Å². The van der Waals surface area contributed by atoms with Crippen LogP contribution in [0, 0.1) is 6.92 Å². The molecular weight excluding hydrogens is 286 g/mol. The topological polar surface area (TPSA) is 72.7 Å². The molecular formula is C10H10BrN5O. The molecule has 17 heavy (non-hydrogen) atoms. The third-order valence-electron chi connectivity index (χ3n) is 2.15. The van der Waals surface area contributed by atoms with Gasteiger partial charge in [-0.1, -0.05) is 22.0 Å². The van der Waals surface area contributed by atoms with Crippen molar-refractivity contribution >= 4 is 27.5 Å². The Hall–Kier alpha value is -1.76. The van der Waals surface area contributed by atoms with Crippen LogP contribution in [0.15, 0.2) is 29.0 Å². The number of rotatable bonds is 3. The summed E-state index contributed by atoms with van der Waals surface area (Å²) in [5.41, 5.74) is 1.85. The molecule has 6 nitrogen and oxygen atoms in total. The predicted octanol–water partition coefficient (Wildman–Crippen LogP) is 1.38. The van der Waals surface area contributed by atoms with Crippen LogP contribution in [0.3, 0.4) is 0 Å². The van der Waals surface area contributed by atoms with Crippen LogP contribution in [-0.2, 0) is 11.3 Å². The quantitative estimate of drug-likeness (QED) is 0.928. The van der Waals surface area contributed by atoms with Gasteiger partial charge < -0.3 is 5.32 Å². The van der Waals surface area contributed by atoms with Gasteiger partial charge >= 0.3 is 0 Å². The Morgan fingerprint density at radius 3 is 3.00 bits per heavy atom. The number of carbonyl (C=O) groups is 1. The Balaban J connectivity index is 2.00. The highest BCUT2D eigenvalue weighted by Crippen LogP contribution is 2.20. The average Bonchev–Trinajstić information content (AvgIpc) is 2.76. The van der Waals surface area contributed by atoms with E-state index < -0.39 is 0 Å². The van der Waals surface area contributed by atoms with Crippen molar-refractivity contribution in [3.63, 3.8) is 0 Å². The Kier molecular flexibility index (Phi) is 3.48. The summed E-state index contributed by atoms with van der Waals surface area (Å²) in [5, 5.41) is 13.3. The van der Waals surface area contributed by atoms with E-state index in [0.29, 0.717) is 0 Å². The average molecular weight is 296 g/mol. The second-order valence-electron chi connectivity index (χ2n) is 3.52. The number of nitrogens with zero attached hydrogens (tertiary/aromatic N) is 4. The largest absolute Gasteiger partial charge is 0.324 e. The first-order valence-electron chi connectivity index (χ1n) is 4.92. The van der Waals surface area contributed by atoms with Gasteiger partial charge in [0.1, 0.15) is 12.9 Å². The van der Waals surface area contributed by atoms with Gasteiger partial charge in [-0.3, -0.25) is 4.79 Å². The van der Waals surface area contributed by atoms with E-state index in [1.165, 1.54) is 11.0 Å². The number of aromatic nitrogens is 4. The fraction of sp³-hybridized carbons (Fsp3) is 0.200. The van der Waals surface area contributed by atoms with Gasteiger partial charge in [0.05, 0.1) is 0 Å². The molecule has 0 atom stereocenters. The molecule has 1 N–H and O–H groups in total. The predicted molar refractivity (Wildman–Crippen MR) is 65.3 cm³/mol. The zero-order valence-corrected chi connectivity index (χ0v) is 10.7. The van der Waals surface area contributed by atoms with Crippen molar-refractivity contribution in [2.45, 2.75) is 13.5 Å². The van der Waals surface area contributed by atoms with Crippen molar-refractivity contribution in [2.24, 2.45) is 0 Å². The second-order valence-corrected chi connectivity index (χ2v) is 4.37. The van der Waals surface area contributed by atoms with Gasteiger partial charge in [-0.15, -0.1) is 5.10 Å². The summed E-state index contributed by atoms with van der Waals surface area (Å²) < 4.78 is 2.32. The van der Waals surface area contributed by atoms with E-state index >= 15 is 0 Å². The lowest BCUT2D eigenvalue weighted by Crippen LogP contribution is -2.19. The lowest BCUT2D eigenvalue weighted by atomic mass is 10.2. The van der Waals surface area contributed by atoms with Crippen LogP contribution in [0.4, 0.5) is 5.69 Å². The molecule has 0 fully saturated rings. The minimum Gasteiger partial charge on any atom is -0.324 e. The van der Waals surface area contributed by atoms with E-state index in [1.807, 2.05) is 25.1 Å². The summed E-state index contributed by atoms with van der Waals surface area (Å²) in [6.45, 7) is 2.08. The number of aryl methyl sites for hydroxylation is 1. The van der Waals surface area contributed by atoms with Crippen LogP contribution in [0.25, 0.3) is 0 Å². The number of carbonyl (C=O) groups excluding carboxylic acids is 1. The Labute approximate surface area is 106 Å². The number of tetrazole rings is 1. The number of halogens is 1. The maximum atomic E-state index is 11.6. The van der Waals surface area contributed by atoms with Gasteiger partial charge in [0.25, 0.3) is 0 Å². The lowest BCUT2D eigenvalue weighted by molar-refractivity contribution is -0.116. The van der Waals surface area contributed by atoms with Crippen LogP contribution >= 0.6 is 15.9 Å². The van der Waals surface area contributed by atoms with E-state index in [9.17, 15) is 4.79 Å². The summed E-state index contributed by atoms with van der Waals surface area (Å²) in [6, 6.07) is 5.63. The van der Waals surface area contributed by atoms with E-state index in [2.05, 4.69) is 36.8 Å². The number of hydrogen-bond acceptors (Lipinski definition) is 4. The second kappa shape index (κ2) is 5.05. The minimum atomic E-state index is -0.173. The molecule has 0 unspecified atom stereocenters. The standard InChI is InChI=1S/C10H10BrN5O/c1-7-2-3-8(4-9(7)11)13-10(17)5-16-6-12-14-15-16/h2-4,6H,5H2,1H3,(H,13,17). The molecule has 0 aliphatic carbocycles. The number of anilines is 1. The third-order valence-corrected chi connectivity index (χ3v) is 3.01. The minimum absolute atomic E-state index is 0.0957. The van der Waals surface area contributed by atoms with Gasteiger partial charge in [-0.25, -0.2) is 4.68 Å². The fourth-order valence-corrected chi connectivity index (χ4v) is 1.65. The highest BCUT2D eigenvalue weighted by molar-refractivity contribution is 9.10. The monoisotopic (exact) mass is 295 g/mol. The summed E-state index contributed by atoms with van der Waals surface area (Å²) in [6.07, 6.45) is 1.39. The summed E-state index contributed by atoms with van der Waals surface area (Å²) in [4.78, 5) is 11.6. The smallest absolute Gasteiger partial charge is 0.246 e. The molecule has 0 radical (unpaired) electrons. The molecule has 7 heteroatoms. The van der Waals surface area contributed by atoms with Crippen LogP contribution in [0.1, 0.15) is 5.56 Å². The zero-order chi connectivity index (χ0) is 12.3. The van der Waals surface area contributed by atoms with Crippen LogP contribution in [-0.4, -0.2) is 26.1 Å². The molecule has 2 rings (SSSR count). The first-order chi connectivity index (χ1) is 8.15. The molecule has 0 bridgehead atoms. The van der Waals surface area contributed by atoms with Crippen LogP contribution in [0.2, 0.25) is 0 Å². The number of benzene rings is 1. The van der Waals surface area contributed by atoms with E-state index in [-0.39, 0.29) is 12.5 Å². The Morgan fingerprint density at radius 1 is 1.53 bits per heavy atom. The van der Waals surface area contributed by atoms with Crippen molar-refractivity contribution in [1.29, 1.82) is 0 Å². The molecule has 0 spiro atoms. The lowest BCUT2D eigenvalue weighted by Gasteiger charge is -2.06. The van der Waals surface area contributed by atoms with Crippen molar-refractivity contribution in [2.75, 3.05) is 5.32 Å². The molecule has 2 aromatic rings. The van der Waals surface area contributed by atoms with Gasteiger partial charge in [-0.2, -0.15) is 0 Å². The number of nitrogens with one attached hydrogen (secondary N) is 1. The van der Waals surface area contributed by atoms with Crippen molar-refractivity contribution < 1.29 is 4.79 Å². The highest BCUT2D eigenvalue weighted by Gasteiger charge is 2.05. The van der Waals surface area contributed by atoms with Gasteiger partial charge in [0.15, 0.2) is 0 Å². The fourth-order valence-electron chi connectivity index (χ4n) is 1.27. The Bertz CT molecular complexity index is 525. The maximum Gasteiger partial charge on any atom is 0.246 e. The molecule has 0 saturated heterocycles. The molecule has 0 saturated carbocycles. The maximum absolute atomic E-state index is 11.6. The summed E-state index contributed by atoms with van der Waals surface area (Å²) in [7, 11) is 0. The van der Waals surface area contributed by atoms with Gasteiger partial charge in [-0.05, 0) is 35.0 Å². The van der Waals surface area contributed by atoms with E-state index in [0.717, 1.165) is 15.7 Å². The molecule has 88 valence electrons. The number of hydrogen-bond donors (Lipinski definition) is 1. The normalized spacial score (nSPS) is 10.2. The molecule has 1 amide bonds. The number of amides is 1. The van der Waals surface area contributed by atoms with Crippen molar-refractivity contribution in [1.82, 2.24) is 20.2 Å². The van der Waals surface area contributed by atoms with Crippen molar-refractivity contribution in [3.8, 4) is 0 Å². The summed E-state index contributed by atoms with van der Waals surface area (Å²) >= 11 is 3.41. The first kappa shape index (κ1) is 11.7. The first-order valence-corrected chi connectivity index (χ1v) is 5.71. The third kappa shape index (κ3) is 3.10.